The van der Waals surface area contributed by atoms with Gasteiger partial charge in [0.05, 0.1) is 0 Å². The van der Waals surface area contributed by atoms with Crippen molar-refractivity contribution in [2.24, 2.45) is 0 Å². The zero-order valence-electron chi connectivity index (χ0n) is 9.04. The first kappa shape index (κ1) is 12.4. The Morgan fingerprint density at radius 2 is 1.56 bits per heavy atom. The molecule has 5 heteroatoms. The number of alkyl halides is 2. The molecule has 0 aliphatic carbocycles. The molecule has 94 valence electrons. The van der Waals surface area contributed by atoms with Gasteiger partial charge in [0.1, 0.15) is 5.75 Å². The molecule has 18 heavy (non-hydrogen) atoms. The molecular formula is C13H8F4O. The highest BCUT2D eigenvalue weighted by molar-refractivity contribution is 5.64. The first-order valence-corrected chi connectivity index (χ1v) is 5.07. The Kier molecular flexibility index (Phi) is 3.50. The summed E-state index contributed by atoms with van der Waals surface area (Å²) in [5.41, 5.74) is 0.451. The summed E-state index contributed by atoms with van der Waals surface area (Å²) >= 11 is 0. The number of rotatable bonds is 3. The van der Waals surface area contributed by atoms with Gasteiger partial charge in [-0.1, -0.05) is 24.3 Å². The van der Waals surface area contributed by atoms with E-state index >= 15 is 0 Å². The average Bonchev–Trinajstić information content (AvgIpc) is 2.33. The number of ether oxygens (including phenoxy) is 1. The maximum Gasteiger partial charge on any atom is 0.387 e. The van der Waals surface area contributed by atoms with Gasteiger partial charge in [0, 0.05) is 5.56 Å². The van der Waals surface area contributed by atoms with Crippen molar-refractivity contribution in [3.05, 3.63) is 54.1 Å². The Labute approximate surface area is 101 Å². The molecule has 1 nitrogen and oxygen atoms in total. The summed E-state index contributed by atoms with van der Waals surface area (Å²) in [7, 11) is 0. The van der Waals surface area contributed by atoms with Crippen LogP contribution in [-0.4, -0.2) is 6.61 Å². The summed E-state index contributed by atoms with van der Waals surface area (Å²) < 4.78 is 54.5. The van der Waals surface area contributed by atoms with Crippen LogP contribution in [0.5, 0.6) is 5.75 Å². The van der Waals surface area contributed by atoms with Gasteiger partial charge in [-0.25, -0.2) is 8.78 Å². The largest absolute Gasteiger partial charge is 0.435 e. The molecule has 0 N–H and O–H groups in total. The van der Waals surface area contributed by atoms with E-state index < -0.39 is 18.2 Å². The van der Waals surface area contributed by atoms with Gasteiger partial charge >= 0.3 is 6.61 Å². The second-order valence-corrected chi connectivity index (χ2v) is 3.50. The van der Waals surface area contributed by atoms with E-state index in [1.54, 1.807) is 0 Å². The van der Waals surface area contributed by atoms with Crippen molar-refractivity contribution >= 4 is 0 Å². The van der Waals surface area contributed by atoms with Crippen LogP contribution in [0.3, 0.4) is 0 Å². The van der Waals surface area contributed by atoms with E-state index in [1.165, 1.54) is 36.4 Å². The molecule has 0 unspecified atom stereocenters. The Balaban J connectivity index is 2.32. The molecule has 0 aliphatic rings. The second kappa shape index (κ2) is 5.08. The Morgan fingerprint density at radius 3 is 2.17 bits per heavy atom. The third-order valence-electron chi connectivity index (χ3n) is 2.34. The summed E-state index contributed by atoms with van der Waals surface area (Å²) in [6.07, 6.45) is 0. The van der Waals surface area contributed by atoms with E-state index in [0.29, 0.717) is 5.56 Å². The lowest BCUT2D eigenvalue weighted by molar-refractivity contribution is -0.0498. The molecule has 0 radical (unpaired) electrons. The molecule has 0 aromatic heterocycles. The molecule has 0 bridgehead atoms. The van der Waals surface area contributed by atoms with Crippen molar-refractivity contribution in [1.82, 2.24) is 0 Å². The lowest BCUT2D eigenvalue weighted by Crippen LogP contribution is -2.01. The van der Waals surface area contributed by atoms with Crippen LogP contribution < -0.4 is 4.74 Å². The van der Waals surface area contributed by atoms with Gasteiger partial charge in [-0.3, -0.25) is 0 Å². The van der Waals surface area contributed by atoms with E-state index in [9.17, 15) is 17.6 Å². The predicted molar refractivity (Wildman–Crippen MR) is 58.4 cm³/mol. The van der Waals surface area contributed by atoms with Crippen LogP contribution in [0.15, 0.2) is 42.5 Å². The van der Waals surface area contributed by atoms with Crippen molar-refractivity contribution in [1.29, 1.82) is 0 Å². The normalized spacial score (nSPS) is 10.7. The summed E-state index contributed by atoms with van der Waals surface area (Å²) in [6.45, 7) is -2.92. The number of halogens is 4. The Morgan fingerprint density at radius 1 is 0.889 bits per heavy atom. The zero-order valence-corrected chi connectivity index (χ0v) is 9.04. The highest BCUT2D eigenvalue weighted by atomic mass is 19.3. The van der Waals surface area contributed by atoms with Crippen LogP contribution in [-0.2, 0) is 0 Å². The van der Waals surface area contributed by atoms with Crippen LogP contribution in [0, 0.1) is 11.6 Å². The molecule has 0 spiro atoms. The minimum Gasteiger partial charge on any atom is -0.435 e. The Bertz CT molecular complexity index is 537. The summed E-state index contributed by atoms with van der Waals surface area (Å²) in [6, 6.07) is 9.09. The van der Waals surface area contributed by atoms with Gasteiger partial charge in [0.15, 0.2) is 11.6 Å². The number of hydrogen-bond acceptors (Lipinski definition) is 1. The summed E-state index contributed by atoms with van der Waals surface area (Å²) in [4.78, 5) is 0. The maximum absolute atomic E-state index is 13.5. The highest BCUT2D eigenvalue weighted by Gasteiger charge is 2.10. The fourth-order valence-corrected chi connectivity index (χ4v) is 1.54. The zero-order chi connectivity index (χ0) is 13.1. The van der Waals surface area contributed by atoms with Gasteiger partial charge in [-0.15, -0.1) is 0 Å². The molecule has 0 saturated carbocycles. The van der Waals surface area contributed by atoms with E-state index in [4.69, 9.17) is 0 Å². The third-order valence-corrected chi connectivity index (χ3v) is 2.34. The van der Waals surface area contributed by atoms with E-state index in [-0.39, 0.29) is 11.3 Å². The molecule has 0 heterocycles. The molecule has 2 aromatic rings. The first-order chi connectivity index (χ1) is 8.58. The molecular weight excluding hydrogens is 248 g/mol. The van der Waals surface area contributed by atoms with Crippen LogP contribution in [0.25, 0.3) is 11.1 Å². The maximum atomic E-state index is 13.5. The van der Waals surface area contributed by atoms with E-state index in [1.807, 2.05) is 0 Å². The van der Waals surface area contributed by atoms with Gasteiger partial charge in [0.2, 0.25) is 0 Å². The lowest BCUT2D eigenvalue weighted by atomic mass is 10.0. The number of hydrogen-bond donors (Lipinski definition) is 0. The van der Waals surface area contributed by atoms with Crippen molar-refractivity contribution in [2.45, 2.75) is 6.61 Å². The molecule has 2 rings (SSSR count). The predicted octanol–water partition coefficient (Wildman–Crippen LogP) is 4.23. The van der Waals surface area contributed by atoms with Crippen LogP contribution in [0.4, 0.5) is 17.6 Å². The molecule has 0 atom stereocenters. The van der Waals surface area contributed by atoms with Crippen molar-refractivity contribution < 1.29 is 22.3 Å². The fourth-order valence-electron chi connectivity index (χ4n) is 1.54. The fraction of sp³-hybridized carbons (Fsp3) is 0.0769. The second-order valence-electron chi connectivity index (χ2n) is 3.50. The topological polar surface area (TPSA) is 9.23 Å². The average molecular weight is 256 g/mol. The molecule has 0 aliphatic heterocycles. The van der Waals surface area contributed by atoms with E-state index in [2.05, 4.69) is 4.74 Å². The molecule has 2 aromatic carbocycles. The first-order valence-electron chi connectivity index (χ1n) is 5.07. The van der Waals surface area contributed by atoms with Crippen LogP contribution in [0.1, 0.15) is 0 Å². The van der Waals surface area contributed by atoms with Crippen molar-refractivity contribution in [3.8, 4) is 16.9 Å². The summed E-state index contributed by atoms with van der Waals surface area (Å²) in [5.74, 6) is -1.97. The van der Waals surface area contributed by atoms with Gasteiger partial charge in [-0.2, -0.15) is 8.78 Å². The number of benzene rings is 2. The monoisotopic (exact) mass is 256 g/mol. The standard InChI is InChI=1S/C13H8F4O/c14-11-3-1-2-10(12(11)15)8-4-6-9(7-5-8)18-13(16)17/h1-7,13H. The van der Waals surface area contributed by atoms with Crippen LogP contribution in [0.2, 0.25) is 0 Å². The SMILES string of the molecule is Fc1cccc(-c2ccc(OC(F)F)cc2)c1F. The van der Waals surface area contributed by atoms with Crippen LogP contribution >= 0.6 is 0 Å². The van der Waals surface area contributed by atoms with Crippen molar-refractivity contribution in [2.75, 3.05) is 0 Å². The smallest absolute Gasteiger partial charge is 0.387 e. The van der Waals surface area contributed by atoms with Gasteiger partial charge in [-0.05, 0) is 23.8 Å². The van der Waals surface area contributed by atoms with Gasteiger partial charge in [0.25, 0.3) is 0 Å². The Hall–Kier alpha value is -2.04. The summed E-state index contributed by atoms with van der Waals surface area (Å²) in [5, 5.41) is 0. The minimum absolute atomic E-state index is 0.0365. The molecule has 0 fully saturated rings. The quantitative estimate of drug-likeness (QED) is 0.746. The minimum atomic E-state index is -2.92. The molecule has 0 amide bonds. The van der Waals surface area contributed by atoms with E-state index in [0.717, 1.165) is 6.07 Å². The molecule has 0 saturated heterocycles. The van der Waals surface area contributed by atoms with Crippen molar-refractivity contribution in [3.63, 3.8) is 0 Å². The highest BCUT2D eigenvalue weighted by Crippen LogP contribution is 2.26. The van der Waals surface area contributed by atoms with Gasteiger partial charge < -0.3 is 4.74 Å². The lowest BCUT2D eigenvalue weighted by Gasteiger charge is -2.07. The third kappa shape index (κ3) is 2.61.